The second kappa shape index (κ2) is 5.90. The lowest BCUT2D eigenvalue weighted by Gasteiger charge is -2.13. The van der Waals surface area contributed by atoms with Gasteiger partial charge in [-0.3, -0.25) is 4.79 Å². The highest BCUT2D eigenvalue weighted by atomic mass is 19.1. The van der Waals surface area contributed by atoms with Crippen LogP contribution in [0.4, 0.5) is 4.39 Å². The van der Waals surface area contributed by atoms with Gasteiger partial charge in [-0.2, -0.15) is 4.39 Å². The van der Waals surface area contributed by atoms with Crippen molar-refractivity contribution in [2.45, 2.75) is 6.04 Å². The van der Waals surface area contributed by atoms with E-state index in [-0.39, 0.29) is 5.69 Å². The third-order valence-corrected chi connectivity index (χ3v) is 1.92. The molecular weight excluding hydrogens is 231 g/mol. The van der Waals surface area contributed by atoms with Gasteiger partial charge in [0.15, 0.2) is 6.04 Å². The lowest BCUT2D eigenvalue weighted by atomic mass is 10.2. The predicted molar refractivity (Wildman–Crippen MR) is 54.6 cm³/mol. The van der Waals surface area contributed by atoms with E-state index in [4.69, 9.17) is 5.11 Å². The summed E-state index contributed by atoms with van der Waals surface area (Å²) in [5.41, 5.74) is -0.188. The number of aliphatic hydroxyl groups is 1. The molecule has 92 valence electrons. The Kier molecular flexibility index (Phi) is 4.53. The van der Waals surface area contributed by atoms with Crippen LogP contribution in [0.3, 0.4) is 0 Å². The number of hydrogen-bond acceptors (Lipinski definition) is 5. The van der Waals surface area contributed by atoms with Crippen molar-refractivity contribution in [1.29, 1.82) is 0 Å². The third kappa shape index (κ3) is 3.49. The molecule has 0 bridgehead atoms. The summed E-state index contributed by atoms with van der Waals surface area (Å²) in [5, 5.41) is 11.0. The second-order valence-electron chi connectivity index (χ2n) is 3.08. The fourth-order valence-electron chi connectivity index (χ4n) is 1.09. The Morgan fingerprint density at radius 2 is 2.29 bits per heavy atom. The molecule has 6 nitrogen and oxygen atoms in total. The molecule has 1 amide bonds. The molecule has 0 saturated carbocycles. The van der Waals surface area contributed by atoms with Gasteiger partial charge in [0.2, 0.25) is 5.95 Å². The van der Waals surface area contributed by atoms with Crippen molar-refractivity contribution in [2.75, 3.05) is 13.7 Å². The number of rotatable bonds is 4. The molecule has 0 aliphatic carbocycles. The maximum absolute atomic E-state index is 12.7. The summed E-state index contributed by atoms with van der Waals surface area (Å²) in [6.07, 6.45) is 0. The number of pyridine rings is 1. The van der Waals surface area contributed by atoms with Gasteiger partial charge in [0.05, 0.1) is 13.7 Å². The molecule has 17 heavy (non-hydrogen) atoms. The Hall–Kier alpha value is -2.02. The molecule has 1 heterocycles. The first-order valence-corrected chi connectivity index (χ1v) is 4.70. The zero-order valence-electron chi connectivity index (χ0n) is 9.01. The van der Waals surface area contributed by atoms with E-state index in [1.165, 1.54) is 12.1 Å². The maximum atomic E-state index is 12.7. The van der Waals surface area contributed by atoms with Gasteiger partial charge < -0.3 is 15.2 Å². The summed E-state index contributed by atoms with van der Waals surface area (Å²) in [5.74, 6) is -2.37. The molecule has 0 aliphatic rings. The fraction of sp³-hybridized carbons (Fsp3) is 0.300. The monoisotopic (exact) mass is 242 g/mol. The van der Waals surface area contributed by atoms with Gasteiger partial charge >= 0.3 is 5.97 Å². The average Bonchev–Trinajstić information content (AvgIpc) is 2.34. The highest BCUT2D eigenvalue weighted by Gasteiger charge is 2.21. The summed E-state index contributed by atoms with van der Waals surface area (Å²) >= 11 is 0. The lowest BCUT2D eigenvalue weighted by Crippen LogP contribution is -2.44. The van der Waals surface area contributed by atoms with Crippen molar-refractivity contribution in [3.05, 3.63) is 29.8 Å². The number of amides is 1. The molecule has 0 aliphatic heterocycles. The van der Waals surface area contributed by atoms with Crippen LogP contribution in [0.25, 0.3) is 0 Å². The zero-order valence-corrected chi connectivity index (χ0v) is 9.01. The molecule has 2 N–H and O–H groups in total. The van der Waals surface area contributed by atoms with Crippen LogP contribution in [0, 0.1) is 5.95 Å². The van der Waals surface area contributed by atoms with E-state index in [1.54, 1.807) is 0 Å². The highest BCUT2D eigenvalue weighted by Crippen LogP contribution is 1.99. The highest BCUT2D eigenvalue weighted by molar-refractivity contribution is 5.95. The minimum atomic E-state index is -1.20. The number of aromatic nitrogens is 1. The molecular formula is C10H11FN2O4. The van der Waals surface area contributed by atoms with Crippen LogP contribution in [0.2, 0.25) is 0 Å². The molecule has 1 rings (SSSR count). The summed E-state index contributed by atoms with van der Waals surface area (Å²) in [4.78, 5) is 25.9. The predicted octanol–water partition coefficient (Wildman–Crippen LogP) is -0.516. The Balaban J connectivity index is 2.74. The van der Waals surface area contributed by atoms with Gasteiger partial charge in [-0.15, -0.1) is 0 Å². The van der Waals surface area contributed by atoms with Crippen molar-refractivity contribution in [2.24, 2.45) is 0 Å². The molecule has 0 radical (unpaired) electrons. The SMILES string of the molecule is COC(=O)C(CO)NC(=O)c1cccc(F)n1. The lowest BCUT2D eigenvalue weighted by molar-refractivity contribution is -0.143. The topological polar surface area (TPSA) is 88.5 Å². The normalized spacial score (nSPS) is 11.7. The van der Waals surface area contributed by atoms with Gasteiger partial charge in [-0.25, -0.2) is 9.78 Å². The van der Waals surface area contributed by atoms with Crippen LogP contribution < -0.4 is 5.32 Å². The first kappa shape index (κ1) is 13.0. The second-order valence-corrected chi connectivity index (χ2v) is 3.08. The molecule has 0 saturated heterocycles. The van der Waals surface area contributed by atoms with Crippen LogP contribution >= 0.6 is 0 Å². The average molecular weight is 242 g/mol. The van der Waals surface area contributed by atoms with Crippen LogP contribution in [-0.2, 0) is 9.53 Å². The van der Waals surface area contributed by atoms with Gasteiger partial charge in [0, 0.05) is 0 Å². The number of aliphatic hydroxyl groups excluding tert-OH is 1. The maximum Gasteiger partial charge on any atom is 0.330 e. The van der Waals surface area contributed by atoms with Crippen molar-refractivity contribution in [1.82, 2.24) is 10.3 Å². The Labute approximate surface area is 96.4 Å². The minimum absolute atomic E-state index is 0.188. The number of carbonyl (C=O) groups excluding carboxylic acids is 2. The molecule has 0 fully saturated rings. The van der Waals surface area contributed by atoms with Crippen LogP contribution in [-0.4, -0.2) is 41.7 Å². The number of ether oxygens (including phenoxy) is 1. The zero-order chi connectivity index (χ0) is 12.8. The van der Waals surface area contributed by atoms with Gasteiger partial charge in [-0.05, 0) is 12.1 Å². The van der Waals surface area contributed by atoms with E-state index in [0.717, 1.165) is 13.2 Å². The molecule has 7 heteroatoms. The van der Waals surface area contributed by atoms with Crippen molar-refractivity contribution in [3.63, 3.8) is 0 Å². The molecule has 1 unspecified atom stereocenters. The Morgan fingerprint density at radius 1 is 1.59 bits per heavy atom. The molecule has 0 aromatic carbocycles. The standard InChI is InChI=1S/C10H11FN2O4/c1-17-10(16)7(5-14)13-9(15)6-3-2-4-8(11)12-6/h2-4,7,14H,5H2,1H3,(H,13,15). The van der Waals surface area contributed by atoms with E-state index in [2.05, 4.69) is 15.0 Å². The summed E-state index contributed by atoms with van der Waals surface area (Å²) in [6, 6.07) is 2.48. The van der Waals surface area contributed by atoms with Crippen LogP contribution in [0.1, 0.15) is 10.5 Å². The number of nitrogens with one attached hydrogen (secondary N) is 1. The molecule has 1 aromatic rings. The van der Waals surface area contributed by atoms with E-state index < -0.39 is 30.5 Å². The first-order chi connectivity index (χ1) is 8.08. The number of methoxy groups -OCH3 is 1. The summed E-state index contributed by atoms with van der Waals surface area (Å²) < 4.78 is 17.1. The van der Waals surface area contributed by atoms with Gasteiger partial charge in [-0.1, -0.05) is 6.07 Å². The molecule has 0 spiro atoms. The Bertz CT molecular complexity index is 425. The third-order valence-electron chi connectivity index (χ3n) is 1.92. The smallest absolute Gasteiger partial charge is 0.330 e. The Morgan fingerprint density at radius 3 is 2.82 bits per heavy atom. The first-order valence-electron chi connectivity index (χ1n) is 4.70. The van der Waals surface area contributed by atoms with E-state index in [1.807, 2.05) is 0 Å². The quantitative estimate of drug-likeness (QED) is 0.548. The fourth-order valence-corrected chi connectivity index (χ4v) is 1.09. The number of nitrogens with zero attached hydrogens (tertiary/aromatic N) is 1. The number of halogens is 1. The van der Waals surface area contributed by atoms with Crippen molar-refractivity contribution < 1.29 is 23.8 Å². The minimum Gasteiger partial charge on any atom is -0.467 e. The summed E-state index contributed by atoms with van der Waals surface area (Å²) in [7, 11) is 1.12. The number of hydrogen-bond donors (Lipinski definition) is 2. The van der Waals surface area contributed by atoms with E-state index >= 15 is 0 Å². The van der Waals surface area contributed by atoms with E-state index in [0.29, 0.717) is 0 Å². The van der Waals surface area contributed by atoms with Crippen molar-refractivity contribution >= 4 is 11.9 Å². The largest absolute Gasteiger partial charge is 0.467 e. The summed E-state index contributed by atoms with van der Waals surface area (Å²) in [6.45, 7) is -0.617. The van der Waals surface area contributed by atoms with Crippen molar-refractivity contribution in [3.8, 4) is 0 Å². The van der Waals surface area contributed by atoms with Gasteiger partial charge in [0.1, 0.15) is 5.69 Å². The van der Waals surface area contributed by atoms with Crippen LogP contribution in [0.5, 0.6) is 0 Å². The number of esters is 1. The van der Waals surface area contributed by atoms with E-state index in [9.17, 15) is 14.0 Å². The molecule has 1 atom stereocenters. The number of carbonyl (C=O) groups is 2. The molecule has 1 aromatic heterocycles. The van der Waals surface area contributed by atoms with Gasteiger partial charge in [0.25, 0.3) is 5.91 Å². The van der Waals surface area contributed by atoms with Crippen LogP contribution in [0.15, 0.2) is 18.2 Å².